The summed E-state index contributed by atoms with van der Waals surface area (Å²) in [6.07, 6.45) is 0.867. The largest absolute Gasteiger partial charge is 0.493 e. The predicted octanol–water partition coefficient (Wildman–Crippen LogP) is 1.34. The summed E-state index contributed by atoms with van der Waals surface area (Å²) >= 11 is 0. The lowest BCUT2D eigenvalue weighted by Gasteiger charge is -2.21. The number of ether oxygens (including phenoxy) is 1. The van der Waals surface area contributed by atoms with Crippen LogP contribution in [-0.2, 0) is 16.1 Å². The molecule has 1 fully saturated rings. The van der Waals surface area contributed by atoms with Crippen molar-refractivity contribution in [3.8, 4) is 5.75 Å². The third kappa shape index (κ3) is 2.75. The number of carbonyl (C=O) groups is 2. The molecule has 1 aliphatic heterocycles. The molecule has 21 heavy (non-hydrogen) atoms. The van der Waals surface area contributed by atoms with Crippen LogP contribution in [0.1, 0.15) is 18.6 Å². The monoisotopic (exact) mass is 288 g/mol. The van der Waals surface area contributed by atoms with Crippen LogP contribution in [0.15, 0.2) is 28.7 Å². The van der Waals surface area contributed by atoms with Gasteiger partial charge in [-0.25, -0.2) is 0 Å². The quantitative estimate of drug-likeness (QED) is 0.830. The van der Waals surface area contributed by atoms with Crippen molar-refractivity contribution in [3.63, 3.8) is 0 Å². The van der Waals surface area contributed by atoms with Gasteiger partial charge in [-0.05, 0) is 18.6 Å². The Labute approximate surface area is 121 Å². The van der Waals surface area contributed by atoms with Crippen LogP contribution < -0.4 is 15.4 Å². The highest BCUT2D eigenvalue weighted by atomic mass is 16.5. The fourth-order valence-electron chi connectivity index (χ4n) is 2.45. The van der Waals surface area contributed by atoms with Crippen molar-refractivity contribution >= 4 is 22.8 Å². The molecule has 0 radical (unpaired) electrons. The van der Waals surface area contributed by atoms with Gasteiger partial charge >= 0.3 is 0 Å². The van der Waals surface area contributed by atoms with E-state index in [0.29, 0.717) is 30.7 Å². The average Bonchev–Trinajstić information content (AvgIpc) is 2.89. The van der Waals surface area contributed by atoms with Crippen molar-refractivity contribution in [2.24, 2.45) is 0 Å². The van der Waals surface area contributed by atoms with E-state index in [1.165, 1.54) is 0 Å². The Hall–Kier alpha value is -2.34. The Bertz CT molecular complexity index is 692. The molecule has 2 amide bonds. The molecule has 2 N–H and O–H groups in total. The van der Waals surface area contributed by atoms with E-state index in [0.717, 1.165) is 11.1 Å². The zero-order valence-electron chi connectivity index (χ0n) is 11.6. The molecule has 1 atom stereocenters. The molecule has 0 spiro atoms. The minimum Gasteiger partial charge on any atom is -0.493 e. The first kappa shape index (κ1) is 13.6. The molecule has 3 rings (SSSR count). The first-order valence-electron chi connectivity index (χ1n) is 6.80. The summed E-state index contributed by atoms with van der Waals surface area (Å²) in [5.41, 5.74) is 0.695. The standard InChI is InChI=1S/C15H16N2O4/c1-20-12-4-2-3-9-7-10(21-14(9)12)8-16-11-5-6-13(18)17-15(11)19/h2-4,7,11,16H,5-6,8H2,1H3,(H,17,18,19). The molecule has 2 heterocycles. The van der Waals surface area contributed by atoms with Gasteiger partial charge in [0.25, 0.3) is 0 Å². The lowest BCUT2D eigenvalue weighted by molar-refractivity contribution is -0.134. The molecule has 0 saturated carbocycles. The molecule has 0 bridgehead atoms. The van der Waals surface area contributed by atoms with Crippen LogP contribution in [0.2, 0.25) is 0 Å². The Balaban J connectivity index is 1.71. The summed E-state index contributed by atoms with van der Waals surface area (Å²) in [6, 6.07) is 7.23. The average molecular weight is 288 g/mol. The highest BCUT2D eigenvalue weighted by Gasteiger charge is 2.26. The van der Waals surface area contributed by atoms with E-state index in [-0.39, 0.29) is 17.9 Å². The van der Waals surface area contributed by atoms with E-state index < -0.39 is 0 Å². The number of furan rings is 1. The van der Waals surface area contributed by atoms with Gasteiger partial charge in [-0.3, -0.25) is 20.2 Å². The summed E-state index contributed by atoms with van der Waals surface area (Å²) in [5, 5.41) is 6.38. The predicted molar refractivity (Wildman–Crippen MR) is 75.8 cm³/mol. The zero-order valence-corrected chi connectivity index (χ0v) is 11.6. The number of amides is 2. The van der Waals surface area contributed by atoms with Crippen LogP contribution in [0.4, 0.5) is 0 Å². The van der Waals surface area contributed by atoms with Gasteiger partial charge in [-0.1, -0.05) is 12.1 Å². The fraction of sp³-hybridized carbons (Fsp3) is 0.333. The number of imide groups is 1. The van der Waals surface area contributed by atoms with Crippen molar-refractivity contribution in [2.75, 3.05) is 7.11 Å². The van der Waals surface area contributed by atoms with Gasteiger partial charge in [0.15, 0.2) is 11.3 Å². The molecule has 1 unspecified atom stereocenters. The number of methoxy groups -OCH3 is 1. The lowest BCUT2D eigenvalue weighted by atomic mass is 10.1. The number of carbonyl (C=O) groups excluding carboxylic acids is 2. The summed E-state index contributed by atoms with van der Waals surface area (Å²) in [7, 11) is 1.60. The lowest BCUT2D eigenvalue weighted by Crippen LogP contribution is -2.50. The van der Waals surface area contributed by atoms with Crippen LogP contribution in [0.3, 0.4) is 0 Å². The van der Waals surface area contributed by atoms with Crippen molar-refractivity contribution in [3.05, 3.63) is 30.0 Å². The summed E-state index contributed by atoms with van der Waals surface area (Å²) < 4.78 is 11.0. The normalized spacial score (nSPS) is 18.8. The molecule has 0 aliphatic carbocycles. The maximum Gasteiger partial charge on any atom is 0.243 e. The highest BCUT2D eigenvalue weighted by Crippen LogP contribution is 2.28. The van der Waals surface area contributed by atoms with Crippen molar-refractivity contribution in [1.82, 2.24) is 10.6 Å². The van der Waals surface area contributed by atoms with Crippen LogP contribution >= 0.6 is 0 Å². The van der Waals surface area contributed by atoms with Gasteiger partial charge in [0.05, 0.1) is 19.7 Å². The summed E-state index contributed by atoms with van der Waals surface area (Å²) in [6.45, 7) is 0.421. The Kier molecular flexibility index (Phi) is 3.62. The van der Waals surface area contributed by atoms with Gasteiger partial charge in [0.1, 0.15) is 5.76 Å². The number of piperidine rings is 1. The number of fused-ring (bicyclic) bond motifs is 1. The van der Waals surface area contributed by atoms with E-state index in [1.807, 2.05) is 24.3 Å². The summed E-state index contributed by atoms with van der Waals surface area (Å²) in [4.78, 5) is 22.7. The third-order valence-electron chi connectivity index (χ3n) is 3.54. The van der Waals surface area contributed by atoms with Gasteiger partial charge in [0, 0.05) is 11.8 Å². The van der Waals surface area contributed by atoms with Gasteiger partial charge < -0.3 is 9.15 Å². The van der Waals surface area contributed by atoms with E-state index >= 15 is 0 Å². The number of para-hydroxylation sites is 1. The SMILES string of the molecule is COc1cccc2cc(CNC3CCC(=O)NC3=O)oc12. The Morgan fingerprint density at radius 2 is 2.29 bits per heavy atom. The second kappa shape index (κ2) is 5.57. The molecular weight excluding hydrogens is 272 g/mol. The van der Waals surface area contributed by atoms with Gasteiger partial charge in [0.2, 0.25) is 11.8 Å². The maximum atomic E-state index is 11.7. The summed E-state index contributed by atoms with van der Waals surface area (Å²) in [5.74, 6) is 0.908. The molecule has 6 nitrogen and oxygen atoms in total. The van der Waals surface area contributed by atoms with Crippen LogP contribution in [0.25, 0.3) is 11.0 Å². The molecule has 6 heteroatoms. The molecule has 2 aromatic rings. The van der Waals surface area contributed by atoms with E-state index in [9.17, 15) is 9.59 Å². The zero-order chi connectivity index (χ0) is 14.8. The fourth-order valence-corrected chi connectivity index (χ4v) is 2.45. The van der Waals surface area contributed by atoms with Crippen LogP contribution in [0.5, 0.6) is 5.75 Å². The smallest absolute Gasteiger partial charge is 0.243 e. The molecule has 110 valence electrons. The highest BCUT2D eigenvalue weighted by molar-refractivity contribution is 6.00. The molecule has 1 aromatic carbocycles. The van der Waals surface area contributed by atoms with Crippen LogP contribution in [0, 0.1) is 0 Å². The number of hydrogen-bond acceptors (Lipinski definition) is 5. The van der Waals surface area contributed by atoms with Gasteiger partial charge in [-0.2, -0.15) is 0 Å². The molecule has 1 aliphatic rings. The number of rotatable bonds is 4. The second-order valence-corrected chi connectivity index (χ2v) is 4.98. The molecule has 1 saturated heterocycles. The van der Waals surface area contributed by atoms with E-state index in [4.69, 9.17) is 9.15 Å². The molecular formula is C15H16N2O4. The number of hydrogen-bond donors (Lipinski definition) is 2. The first-order chi connectivity index (χ1) is 10.2. The van der Waals surface area contributed by atoms with E-state index in [2.05, 4.69) is 10.6 Å². The van der Waals surface area contributed by atoms with Crippen LogP contribution in [-0.4, -0.2) is 25.0 Å². The minimum absolute atomic E-state index is 0.216. The molecule has 1 aromatic heterocycles. The van der Waals surface area contributed by atoms with Gasteiger partial charge in [-0.15, -0.1) is 0 Å². The van der Waals surface area contributed by atoms with Crippen molar-refractivity contribution in [1.29, 1.82) is 0 Å². The Morgan fingerprint density at radius 3 is 3.05 bits per heavy atom. The topological polar surface area (TPSA) is 80.6 Å². The van der Waals surface area contributed by atoms with E-state index in [1.54, 1.807) is 7.11 Å². The minimum atomic E-state index is -0.363. The first-order valence-corrected chi connectivity index (χ1v) is 6.80. The number of nitrogens with one attached hydrogen (secondary N) is 2. The maximum absolute atomic E-state index is 11.7. The number of benzene rings is 1. The second-order valence-electron chi connectivity index (χ2n) is 4.98. The third-order valence-corrected chi connectivity index (χ3v) is 3.54. The Morgan fingerprint density at radius 1 is 1.43 bits per heavy atom. The van der Waals surface area contributed by atoms with Crippen molar-refractivity contribution in [2.45, 2.75) is 25.4 Å². The van der Waals surface area contributed by atoms with Crippen molar-refractivity contribution < 1.29 is 18.7 Å².